The molecule has 0 amide bonds. The summed E-state index contributed by atoms with van der Waals surface area (Å²) in [6.07, 6.45) is -3.37. The second-order valence-corrected chi connectivity index (χ2v) is 5.75. The molecule has 2 rings (SSSR count). The zero-order chi connectivity index (χ0) is 12.6. The van der Waals surface area contributed by atoms with Crippen molar-refractivity contribution in [1.29, 1.82) is 0 Å². The van der Waals surface area contributed by atoms with Gasteiger partial charge in [0.25, 0.3) is 0 Å². The molecule has 1 aromatic rings. The number of halogens is 3. The van der Waals surface area contributed by atoms with Crippen LogP contribution in [0, 0.1) is 5.92 Å². The van der Waals surface area contributed by atoms with Crippen LogP contribution >= 0.6 is 11.3 Å². The van der Waals surface area contributed by atoms with E-state index in [1.54, 1.807) is 0 Å². The lowest BCUT2D eigenvalue weighted by atomic mass is 9.91. The molecule has 6 heteroatoms. The quantitative estimate of drug-likeness (QED) is 0.882. The van der Waals surface area contributed by atoms with Gasteiger partial charge in [-0.25, -0.2) is 4.98 Å². The van der Waals surface area contributed by atoms with Crippen LogP contribution in [0.15, 0.2) is 0 Å². The average molecular weight is 264 g/mol. The zero-order valence-electron chi connectivity index (χ0n) is 9.77. The fraction of sp³-hybridized carbons (Fsp3) is 0.727. The van der Waals surface area contributed by atoms with E-state index >= 15 is 0 Å². The third-order valence-electron chi connectivity index (χ3n) is 2.81. The molecule has 2 nitrogen and oxygen atoms in total. The highest BCUT2D eigenvalue weighted by atomic mass is 32.1. The van der Waals surface area contributed by atoms with Crippen LogP contribution in [-0.4, -0.2) is 17.2 Å². The van der Waals surface area contributed by atoms with Gasteiger partial charge in [0.05, 0.1) is 11.6 Å². The molecule has 1 N–H and O–H groups in total. The molecule has 0 fully saturated rings. The van der Waals surface area contributed by atoms with Gasteiger partial charge in [-0.15, -0.1) is 11.3 Å². The van der Waals surface area contributed by atoms with E-state index in [0.29, 0.717) is 6.42 Å². The molecular weight excluding hydrogens is 249 g/mol. The summed E-state index contributed by atoms with van der Waals surface area (Å²) < 4.78 is 37.9. The number of anilines is 1. The van der Waals surface area contributed by atoms with Gasteiger partial charge in [-0.2, -0.15) is 13.2 Å². The smallest absolute Gasteiger partial charge is 0.359 e. The summed E-state index contributed by atoms with van der Waals surface area (Å²) in [5.41, 5.74) is 0.846. The molecule has 17 heavy (non-hydrogen) atoms. The Morgan fingerprint density at radius 3 is 2.71 bits per heavy atom. The van der Waals surface area contributed by atoms with Gasteiger partial charge in [0.1, 0.15) is 0 Å². The second-order valence-electron chi connectivity index (χ2n) is 4.67. The summed E-state index contributed by atoms with van der Waals surface area (Å²) in [5.74, 6) is -1.19. The molecule has 0 bridgehead atoms. The zero-order valence-corrected chi connectivity index (χ0v) is 10.6. The standard InChI is InChI=1S/C11H15F3N2S/c1-6(2)15-10-16-8-4-3-7(11(12,13)14)5-9(8)17-10/h6-7H,3-5H2,1-2H3,(H,15,16). The van der Waals surface area contributed by atoms with E-state index in [9.17, 15) is 13.2 Å². The lowest BCUT2D eigenvalue weighted by Crippen LogP contribution is -2.28. The molecule has 0 aliphatic heterocycles. The van der Waals surface area contributed by atoms with Gasteiger partial charge in [-0.1, -0.05) is 0 Å². The lowest BCUT2D eigenvalue weighted by Gasteiger charge is -2.23. The first kappa shape index (κ1) is 12.7. The number of aromatic nitrogens is 1. The molecule has 0 saturated carbocycles. The number of nitrogens with one attached hydrogen (secondary N) is 1. The molecule has 1 aromatic heterocycles. The van der Waals surface area contributed by atoms with Gasteiger partial charge in [-0.05, 0) is 33.1 Å². The predicted molar refractivity (Wildman–Crippen MR) is 62.4 cm³/mol. The summed E-state index contributed by atoms with van der Waals surface area (Å²) in [5, 5.41) is 3.89. The van der Waals surface area contributed by atoms with Gasteiger partial charge in [-0.3, -0.25) is 0 Å². The van der Waals surface area contributed by atoms with Crippen molar-refractivity contribution in [2.75, 3.05) is 5.32 Å². The van der Waals surface area contributed by atoms with E-state index in [4.69, 9.17) is 0 Å². The first-order chi connectivity index (χ1) is 7.86. The van der Waals surface area contributed by atoms with Crippen LogP contribution in [0.2, 0.25) is 0 Å². The SMILES string of the molecule is CC(C)Nc1nc2c(s1)CC(C(F)(F)F)CC2. The highest BCUT2D eigenvalue weighted by Gasteiger charge is 2.42. The van der Waals surface area contributed by atoms with Crippen molar-refractivity contribution >= 4 is 16.5 Å². The van der Waals surface area contributed by atoms with Crippen LogP contribution in [0.3, 0.4) is 0 Å². The third-order valence-corrected chi connectivity index (χ3v) is 3.87. The molecule has 0 aromatic carbocycles. The van der Waals surface area contributed by atoms with E-state index in [2.05, 4.69) is 10.3 Å². The number of thiazole rings is 1. The summed E-state index contributed by atoms with van der Waals surface area (Å²) in [7, 11) is 0. The number of nitrogens with zero attached hydrogens (tertiary/aromatic N) is 1. The molecule has 96 valence electrons. The van der Waals surface area contributed by atoms with Crippen molar-refractivity contribution in [2.45, 2.75) is 45.3 Å². The molecule has 0 saturated heterocycles. The summed E-state index contributed by atoms with van der Waals surface area (Å²) in [6, 6.07) is 0.251. The first-order valence-corrected chi connectivity index (χ1v) is 6.49. The van der Waals surface area contributed by atoms with Crippen LogP contribution in [0.1, 0.15) is 30.8 Å². The predicted octanol–water partition coefficient (Wildman–Crippen LogP) is 3.63. The number of alkyl halides is 3. The molecule has 1 aliphatic rings. The average Bonchev–Trinajstić information content (AvgIpc) is 2.55. The van der Waals surface area contributed by atoms with Crippen molar-refractivity contribution in [3.05, 3.63) is 10.6 Å². The summed E-state index contributed by atoms with van der Waals surface area (Å²) in [6.45, 7) is 3.97. The Kier molecular flexibility index (Phi) is 3.34. The van der Waals surface area contributed by atoms with Crippen LogP contribution in [0.5, 0.6) is 0 Å². The lowest BCUT2D eigenvalue weighted by molar-refractivity contribution is -0.176. The fourth-order valence-corrected chi connectivity index (χ4v) is 3.20. The van der Waals surface area contributed by atoms with Gasteiger partial charge in [0.2, 0.25) is 0 Å². The monoisotopic (exact) mass is 264 g/mol. The Hall–Kier alpha value is -0.780. The largest absolute Gasteiger partial charge is 0.392 e. The molecule has 0 radical (unpaired) electrons. The van der Waals surface area contributed by atoms with E-state index in [0.717, 1.165) is 15.7 Å². The van der Waals surface area contributed by atoms with Crippen LogP contribution in [-0.2, 0) is 12.8 Å². The highest BCUT2D eigenvalue weighted by molar-refractivity contribution is 7.15. The van der Waals surface area contributed by atoms with Crippen LogP contribution in [0.4, 0.5) is 18.3 Å². The Bertz CT molecular complexity index is 398. The number of fused-ring (bicyclic) bond motifs is 1. The van der Waals surface area contributed by atoms with Gasteiger partial charge < -0.3 is 5.32 Å². The van der Waals surface area contributed by atoms with E-state index < -0.39 is 12.1 Å². The summed E-state index contributed by atoms with van der Waals surface area (Å²) in [4.78, 5) is 5.14. The maximum atomic E-state index is 12.6. The number of hydrogen-bond donors (Lipinski definition) is 1. The summed E-state index contributed by atoms with van der Waals surface area (Å²) >= 11 is 1.36. The maximum absolute atomic E-state index is 12.6. The molecule has 1 heterocycles. The Labute approximate surface area is 102 Å². The Morgan fingerprint density at radius 1 is 1.41 bits per heavy atom. The number of rotatable bonds is 2. The van der Waals surface area contributed by atoms with Gasteiger partial charge in [0.15, 0.2) is 5.13 Å². The number of aryl methyl sites for hydroxylation is 1. The maximum Gasteiger partial charge on any atom is 0.392 e. The minimum atomic E-state index is -4.08. The molecular formula is C11H15F3N2S. The Balaban J connectivity index is 2.13. The molecule has 1 aliphatic carbocycles. The van der Waals surface area contributed by atoms with E-state index in [1.807, 2.05) is 13.8 Å². The van der Waals surface area contributed by atoms with Crippen molar-refractivity contribution in [2.24, 2.45) is 5.92 Å². The Morgan fingerprint density at radius 2 is 2.12 bits per heavy atom. The second kappa shape index (κ2) is 4.48. The first-order valence-electron chi connectivity index (χ1n) is 5.68. The third kappa shape index (κ3) is 2.91. The topological polar surface area (TPSA) is 24.9 Å². The normalized spacial score (nSPS) is 20.5. The fourth-order valence-electron chi connectivity index (χ4n) is 1.96. The van der Waals surface area contributed by atoms with Gasteiger partial charge in [0, 0.05) is 10.9 Å². The van der Waals surface area contributed by atoms with Crippen molar-refractivity contribution in [3.8, 4) is 0 Å². The molecule has 1 atom stereocenters. The van der Waals surface area contributed by atoms with Crippen LogP contribution < -0.4 is 5.32 Å². The van der Waals surface area contributed by atoms with Crippen molar-refractivity contribution in [1.82, 2.24) is 4.98 Å². The van der Waals surface area contributed by atoms with E-state index in [-0.39, 0.29) is 18.9 Å². The van der Waals surface area contributed by atoms with Crippen molar-refractivity contribution in [3.63, 3.8) is 0 Å². The molecule has 1 unspecified atom stereocenters. The minimum absolute atomic E-state index is 0.0935. The van der Waals surface area contributed by atoms with E-state index in [1.165, 1.54) is 11.3 Å². The number of hydrogen-bond acceptors (Lipinski definition) is 3. The minimum Gasteiger partial charge on any atom is -0.359 e. The molecule has 0 spiro atoms. The highest BCUT2D eigenvalue weighted by Crippen LogP contribution is 2.39. The van der Waals surface area contributed by atoms with Crippen LogP contribution in [0.25, 0.3) is 0 Å². The van der Waals surface area contributed by atoms with Crippen molar-refractivity contribution < 1.29 is 13.2 Å². The van der Waals surface area contributed by atoms with Gasteiger partial charge >= 0.3 is 6.18 Å².